The zero-order valence-electron chi connectivity index (χ0n) is 19.0. The lowest BCUT2D eigenvalue weighted by Crippen LogP contribution is -2.39. The second-order valence-corrected chi connectivity index (χ2v) is 9.09. The van der Waals surface area contributed by atoms with Gasteiger partial charge in [0.05, 0.1) is 0 Å². The number of rotatable bonds is 6. The van der Waals surface area contributed by atoms with Crippen LogP contribution in [0.5, 0.6) is 0 Å². The number of aromatic nitrogens is 2. The van der Waals surface area contributed by atoms with Crippen LogP contribution in [0.2, 0.25) is 5.02 Å². The normalized spacial score (nSPS) is 15.8. The SMILES string of the molecule is Cn1nc(C(=O)N2CCCCC2)c2c1CCN(C(=O)CCC(=O)NCc1ccccc1Cl)C2. The highest BCUT2D eigenvalue weighted by molar-refractivity contribution is 6.31. The number of carbonyl (C=O) groups is 3. The fourth-order valence-electron chi connectivity index (χ4n) is 4.53. The first kappa shape index (κ1) is 23.3. The lowest BCUT2D eigenvalue weighted by atomic mass is 10.0. The highest BCUT2D eigenvalue weighted by Gasteiger charge is 2.31. The molecule has 0 spiro atoms. The molecule has 8 nitrogen and oxygen atoms in total. The molecule has 1 saturated heterocycles. The summed E-state index contributed by atoms with van der Waals surface area (Å²) in [6.45, 7) is 2.77. The topological polar surface area (TPSA) is 87.5 Å². The lowest BCUT2D eigenvalue weighted by Gasteiger charge is -2.29. The summed E-state index contributed by atoms with van der Waals surface area (Å²) in [5.74, 6) is -0.322. The van der Waals surface area contributed by atoms with Crippen molar-refractivity contribution in [1.29, 1.82) is 0 Å². The fraction of sp³-hybridized carbons (Fsp3) is 0.500. The van der Waals surface area contributed by atoms with Crippen molar-refractivity contribution in [3.05, 3.63) is 51.8 Å². The van der Waals surface area contributed by atoms with Gasteiger partial charge < -0.3 is 15.1 Å². The Morgan fingerprint density at radius 3 is 2.55 bits per heavy atom. The summed E-state index contributed by atoms with van der Waals surface area (Å²) in [5, 5.41) is 7.93. The minimum Gasteiger partial charge on any atom is -0.352 e. The Kier molecular flexibility index (Phi) is 7.33. The van der Waals surface area contributed by atoms with Crippen LogP contribution in [0.1, 0.15) is 59.4 Å². The molecule has 0 saturated carbocycles. The van der Waals surface area contributed by atoms with Crippen LogP contribution < -0.4 is 5.32 Å². The van der Waals surface area contributed by atoms with Gasteiger partial charge >= 0.3 is 0 Å². The molecule has 1 aromatic heterocycles. The summed E-state index contributed by atoms with van der Waals surface area (Å²) < 4.78 is 1.77. The third-order valence-electron chi connectivity index (χ3n) is 6.44. The molecule has 0 bridgehead atoms. The van der Waals surface area contributed by atoms with Crippen LogP contribution in [-0.2, 0) is 36.1 Å². The van der Waals surface area contributed by atoms with Crippen LogP contribution in [0, 0.1) is 0 Å². The molecule has 2 aromatic rings. The third-order valence-corrected chi connectivity index (χ3v) is 6.81. The molecule has 1 N–H and O–H groups in total. The van der Waals surface area contributed by atoms with E-state index in [1.165, 1.54) is 0 Å². The maximum Gasteiger partial charge on any atom is 0.274 e. The van der Waals surface area contributed by atoms with Crippen LogP contribution >= 0.6 is 11.6 Å². The maximum absolute atomic E-state index is 13.1. The largest absolute Gasteiger partial charge is 0.352 e. The van der Waals surface area contributed by atoms with Crippen molar-refractivity contribution in [2.45, 2.75) is 51.6 Å². The van der Waals surface area contributed by atoms with Gasteiger partial charge in [-0.15, -0.1) is 0 Å². The van der Waals surface area contributed by atoms with Gasteiger partial charge in [0.2, 0.25) is 11.8 Å². The van der Waals surface area contributed by atoms with Crippen LogP contribution in [0.4, 0.5) is 0 Å². The summed E-state index contributed by atoms with van der Waals surface area (Å²) in [6.07, 6.45) is 4.07. The second kappa shape index (κ2) is 10.4. The first-order chi connectivity index (χ1) is 15.9. The van der Waals surface area contributed by atoms with Crippen molar-refractivity contribution in [2.24, 2.45) is 7.05 Å². The van der Waals surface area contributed by atoms with Gasteiger partial charge in [-0.3, -0.25) is 19.1 Å². The van der Waals surface area contributed by atoms with Crippen LogP contribution in [-0.4, -0.2) is 56.9 Å². The number of hydrogen-bond acceptors (Lipinski definition) is 4. The Morgan fingerprint density at radius 2 is 1.79 bits per heavy atom. The van der Waals surface area contributed by atoms with Gasteiger partial charge in [0, 0.05) is 75.3 Å². The molecule has 2 aliphatic heterocycles. The van der Waals surface area contributed by atoms with Gasteiger partial charge in [0.25, 0.3) is 5.91 Å². The van der Waals surface area contributed by atoms with E-state index in [1.54, 1.807) is 15.6 Å². The maximum atomic E-state index is 13.1. The minimum absolute atomic E-state index is 0.0419. The summed E-state index contributed by atoms with van der Waals surface area (Å²) in [4.78, 5) is 41.8. The number of benzene rings is 1. The third kappa shape index (κ3) is 5.38. The van der Waals surface area contributed by atoms with Crippen LogP contribution in [0.25, 0.3) is 0 Å². The van der Waals surface area contributed by atoms with Crippen LogP contribution in [0.3, 0.4) is 0 Å². The highest BCUT2D eigenvalue weighted by Crippen LogP contribution is 2.25. The molecule has 176 valence electrons. The Hall–Kier alpha value is -2.87. The molecule has 4 rings (SSSR count). The standard InChI is InChI=1S/C24H30ClN5O3/c1-28-20-11-14-30(16-18(20)23(27-28)24(33)29-12-5-2-6-13-29)22(32)10-9-21(31)26-15-17-7-3-4-8-19(17)25/h3-4,7-8H,2,5-6,9-16H2,1H3,(H,26,31). The number of nitrogens with one attached hydrogen (secondary N) is 1. The van der Waals surface area contributed by atoms with Crippen molar-refractivity contribution in [1.82, 2.24) is 24.9 Å². The zero-order chi connectivity index (χ0) is 23.4. The Morgan fingerprint density at radius 1 is 1.03 bits per heavy atom. The molecule has 2 aliphatic rings. The number of likely N-dealkylation sites (tertiary alicyclic amines) is 1. The van der Waals surface area contributed by atoms with E-state index in [1.807, 2.05) is 30.1 Å². The molecule has 1 aromatic carbocycles. The average molecular weight is 472 g/mol. The van der Waals surface area contributed by atoms with Gasteiger partial charge in [0.15, 0.2) is 5.69 Å². The van der Waals surface area contributed by atoms with Crippen molar-refractivity contribution in [3.63, 3.8) is 0 Å². The van der Waals surface area contributed by atoms with E-state index in [0.717, 1.165) is 49.2 Å². The van der Waals surface area contributed by atoms with Gasteiger partial charge in [-0.05, 0) is 30.9 Å². The number of fused-ring (bicyclic) bond motifs is 1. The number of aryl methyl sites for hydroxylation is 1. The van der Waals surface area contributed by atoms with Crippen LogP contribution in [0.15, 0.2) is 24.3 Å². The number of carbonyl (C=O) groups excluding carboxylic acids is 3. The number of amides is 3. The smallest absolute Gasteiger partial charge is 0.274 e. The molecule has 3 heterocycles. The first-order valence-electron chi connectivity index (χ1n) is 11.6. The number of halogens is 1. The molecule has 0 radical (unpaired) electrons. The summed E-state index contributed by atoms with van der Waals surface area (Å²) >= 11 is 6.12. The van der Waals surface area contributed by atoms with Crippen molar-refractivity contribution < 1.29 is 14.4 Å². The summed E-state index contributed by atoms with van der Waals surface area (Å²) in [6, 6.07) is 7.34. The van der Waals surface area contributed by atoms with E-state index in [0.29, 0.717) is 36.8 Å². The molecule has 0 atom stereocenters. The molecule has 0 aliphatic carbocycles. The van der Waals surface area contributed by atoms with E-state index < -0.39 is 0 Å². The predicted octanol–water partition coefficient (Wildman–Crippen LogP) is 2.68. The molecule has 33 heavy (non-hydrogen) atoms. The summed E-state index contributed by atoms with van der Waals surface area (Å²) in [5.41, 5.74) is 3.15. The van der Waals surface area contributed by atoms with Gasteiger partial charge in [-0.25, -0.2) is 0 Å². The van der Waals surface area contributed by atoms with E-state index in [9.17, 15) is 14.4 Å². The fourth-order valence-corrected chi connectivity index (χ4v) is 4.73. The molecule has 9 heteroatoms. The van der Waals surface area contributed by atoms with E-state index in [-0.39, 0.29) is 30.6 Å². The number of nitrogens with zero attached hydrogens (tertiary/aromatic N) is 4. The Bertz CT molecular complexity index is 1040. The van der Waals surface area contributed by atoms with Gasteiger partial charge in [-0.2, -0.15) is 5.10 Å². The minimum atomic E-state index is -0.191. The molecule has 0 unspecified atom stereocenters. The lowest BCUT2D eigenvalue weighted by molar-refractivity contribution is -0.134. The Balaban J connectivity index is 1.33. The number of piperidine rings is 1. The van der Waals surface area contributed by atoms with E-state index in [4.69, 9.17) is 11.6 Å². The summed E-state index contributed by atoms with van der Waals surface area (Å²) in [7, 11) is 1.85. The highest BCUT2D eigenvalue weighted by atomic mass is 35.5. The molecule has 3 amide bonds. The van der Waals surface area contributed by atoms with Gasteiger partial charge in [-0.1, -0.05) is 29.8 Å². The van der Waals surface area contributed by atoms with Crippen molar-refractivity contribution in [3.8, 4) is 0 Å². The molecule has 1 fully saturated rings. The first-order valence-corrected chi connectivity index (χ1v) is 11.9. The second-order valence-electron chi connectivity index (χ2n) is 8.68. The monoisotopic (exact) mass is 471 g/mol. The van der Waals surface area contributed by atoms with Crippen molar-refractivity contribution in [2.75, 3.05) is 19.6 Å². The number of hydrogen-bond donors (Lipinski definition) is 1. The quantitative estimate of drug-likeness (QED) is 0.701. The van der Waals surface area contributed by atoms with E-state index in [2.05, 4.69) is 10.4 Å². The Labute approximate surface area is 198 Å². The average Bonchev–Trinajstić information content (AvgIpc) is 3.17. The van der Waals surface area contributed by atoms with E-state index >= 15 is 0 Å². The molecular formula is C24H30ClN5O3. The molecular weight excluding hydrogens is 442 g/mol. The van der Waals surface area contributed by atoms with Gasteiger partial charge in [0.1, 0.15) is 0 Å². The zero-order valence-corrected chi connectivity index (χ0v) is 19.7. The van der Waals surface area contributed by atoms with Crippen molar-refractivity contribution >= 4 is 29.3 Å². The predicted molar refractivity (Wildman–Crippen MR) is 125 cm³/mol.